The molecule has 49 heavy (non-hydrogen) atoms. The van der Waals surface area contributed by atoms with Gasteiger partial charge in [0.25, 0.3) is 32.1 Å². The van der Waals surface area contributed by atoms with Gasteiger partial charge in [-0.2, -0.15) is 16.8 Å². The molecule has 0 radical (unpaired) electrons. The van der Waals surface area contributed by atoms with E-state index in [-0.39, 0.29) is 74.7 Å². The van der Waals surface area contributed by atoms with E-state index in [2.05, 4.69) is 10.6 Å². The van der Waals surface area contributed by atoms with E-state index in [4.69, 9.17) is 18.9 Å². The van der Waals surface area contributed by atoms with Crippen LogP contribution >= 0.6 is 0 Å². The van der Waals surface area contributed by atoms with Crippen molar-refractivity contribution in [1.82, 2.24) is 0 Å². The summed E-state index contributed by atoms with van der Waals surface area (Å²) in [4.78, 5) is 24.7. The molecule has 4 N–H and O–H groups in total. The number of amides is 2. The molecule has 0 heterocycles. The quantitative estimate of drug-likeness (QED) is 0.0921. The molecular formula is C32H31N2NaO12S2. The molecule has 0 bridgehead atoms. The Hall–Kier alpha value is -4.42. The number of hydrogen-bond acceptors (Lipinski definition) is 10. The van der Waals surface area contributed by atoms with Crippen LogP contribution in [0.2, 0.25) is 0 Å². The molecule has 0 saturated carbocycles. The van der Waals surface area contributed by atoms with Crippen LogP contribution in [0.4, 0.5) is 11.4 Å². The molecule has 2 amide bonds. The van der Waals surface area contributed by atoms with Crippen LogP contribution in [0.15, 0.2) is 82.6 Å². The van der Waals surface area contributed by atoms with E-state index in [1.807, 2.05) is 0 Å². The summed E-state index contributed by atoms with van der Waals surface area (Å²) in [6, 6.07) is 16.2. The Bertz CT molecular complexity index is 1980. The molecular weight excluding hydrogens is 691 g/mol. The number of carbonyl (C=O) groups is 2. The number of hydrogen-bond donors (Lipinski definition) is 4. The zero-order valence-electron chi connectivity index (χ0n) is 25.9. The monoisotopic (exact) mass is 722 g/mol. The third-order valence-electron chi connectivity index (χ3n) is 6.85. The van der Waals surface area contributed by atoms with Crippen LogP contribution in [0.3, 0.4) is 0 Å². The van der Waals surface area contributed by atoms with Crippen LogP contribution in [0.25, 0.3) is 12.2 Å². The van der Waals surface area contributed by atoms with Crippen LogP contribution in [-0.4, -0.2) is 95.8 Å². The molecule has 0 fully saturated rings. The average molecular weight is 723 g/mol. The molecule has 0 aliphatic rings. The maximum atomic E-state index is 12.9. The van der Waals surface area contributed by atoms with Crippen molar-refractivity contribution in [2.45, 2.75) is 9.79 Å². The number of benzene rings is 4. The normalized spacial score (nSPS) is 11.3. The van der Waals surface area contributed by atoms with Crippen LogP contribution in [0.1, 0.15) is 31.8 Å². The molecule has 0 unspecified atom stereocenters. The Morgan fingerprint density at radius 3 is 1.24 bits per heavy atom. The third kappa shape index (κ3) is 9.60. The summed E-state index contributed by atoms with van der Waals surface area (Å²) in [7, 11) is -4.09. The predicted molar refractivity (Wildman–Crippen MR) is 184 cm³/mol. The molecule has 4 rings (SSSR count). The van der Waals surface area contributed by atoms with E-state index in [1.54, 1.807) is 0 Å². The summed E-state index contributed by atoms with van der Waals surface area (Å²) in [5, 5.41) is 5.08. The van der Waals surface area contributed by atoms with E-state index in [1.165, 1.54) is 101 Å². The van der Waals surface area contributed by atoms with Gasteiger partial charge >= 0.3 is 29.6 Å². The molecule has 4 aromatic carbocycles. The topological polar surface area (TPSA) is 204 Å². The predicted octanol–water partition coefficient (Wildman–Crippen LogP) is 4.24. The fourth-order valence-electron chi connectivity index (χ4n) is 4.50. The second-order valence-electron chi connectivity index (χ2n) is 9.83. The van der Waals surface area contributed by atoms with Crippen molar-refractivity contribution < 1.29 is 54.5 Å². The van der Waals surface area contributed by atoms with Crippen molar-refractivity contribution in [1.29, 1.82) is 0 Å². The van der Waals surface area contributed by atoms with Gasteiger partial charge in [-0.25, -0.2) is 0 Å². The Morgan fingerprint density at radius 2 is 0.939 bits per heavy atom. The van der Waals surface area contributed by atoms with Gasteiger partial charge in [0.2, 0.25) is 0 Å². The number of carbonyl (C=O) groups excluding carboxylic acids is 2. The van der Waals surface area contributed by atoms with Gasteiger partial charge in [0.15, 0.2) is 0 Å². The summed E-state index contributed by atoms with van der Waals surface area (Å²) < 4.78 is 89.8. The molecule has 0 spiro atoms. The van der Waals surface area contributed by atoms with Crippen LogP contribution < -0.4 is 29.6 Å². The van der Waals surface area contributed by atoms with Crippen LogP contribution in [0, 0.1) is 0 Å². The molecule has 0 atom stereocenters. The number of anilines is 2. The van der Waals surface area contributed by atoms with Gasteiger partial charge in [-0.1, -0.05) is 24.3 Å². The van der Waals surface area contributed by atoms with E-state index in [0.717, 1.165) is 12.1 Å². The zero-order chi connectivity index (χ0) is 35.2. The average Bonchev–Trinajstić information content (AvgIpc) is 3.06. The fraction of sp³-hybridized carbons (Fsp3) is 0.125. The molecule has 0 saturated heterocycles. The van der Waals surface area contributed by atoms with Crippen molar-refractivity contribution in [3.63, 3.8) is 0 Å². The van der Waals surface area contributed by atoms with E-state index in [9.17, 15) is 35.5 Å². The molecule has 17 heteroatoms. The van der Waals surface area contributed by atoms with Gasteiger partial charge < -0.3 is 29.6 Å². The maximum absolute atomic E-state index is 12.9. The van der Waals surface area contributed by atoms with Gasteiger partial charge in [-0.05, 0) is 59.7 Å². The van der Waals surface area contributed by atoms with Crippen LogP contribution in [0.5, 0.6) is 23.0 Å². The SMILES string of the molecule is COc1ccc(C(=O)Nc2ccc(C=Cc3ccc(NC(=O)c4ccc(OC)cc4OC)cc3S(=O)(=O)O)c(S(=O)(=O)O)c2)c(OC)c1.[NaH]. The minimum atomic E-state index is -4.85. The Labute approximate surface area is 304 Å². The van der Waals surface area contributed by atoms with Gasteiger partial charge in [0.05, 0.1) is 39.6 Å². The van der Waals surface area contributed by atoms with E-state index >= 15 is 0 Å². The summed E-state index contributed by atoms with van der Waals surface area (Å²) in [5.41, 5.74) is 0.0997. The van der Waals surface area contributed by atoms with Crippen molar-refractivity contribution in [3.8, 4) is 23.0 Å². The third-order valence-corrected chi connectivity index (χ3v) is 8.67. The summed E-state index contributed by atoms with van der Waals surface area (Å²) in [6.45, 7) is 0. The molecule has 0 aliphatic carbocycles. The number of nitrogens with one attached hydrogen (secondary N) is 2. The zero-order valence-corrected chi connectivity index (χ0v) is 27.5. The first-order valence-corrected chi connectivity index (χ1v) is 16.5. The Kier molecular flexibility index (Phi) is 13.0. The summed E-state index contributed by atoms with van der Waals surface area (Å²) >= 11 is 0. The Morgan fingerprint density at radius 1 is 0.571 bits per heavy atom. The molecule has 4 aromatic rings. The fourth-order valence-corrected chi connectivity index (χ4v) is 5.91. The van der Waals surface area contributed by atoms with E-state index in [0.29, 0.717) is 11.5 Å². The second-order valence-corrected chi connectivity index (χ2v) is 12.6. The number of ether oxygens (including phenoxy) is 4. The van der Waals surface area contributed by atoms with Gasteiger partial charge in [-0.3, -0.25) is 18.7 Å². The minimum absolute atomic E-state index is 0. The van der Waals surface area contributed by atoms with Crippen molar-refractivity contribution in [2.75, 3.05) is 39.1 Å². The van der Waals surface area contributed by atoms with Crippen LogP contribution in [-0.2, 0) is 20.2 Å². The van der Waals surface area contributed by atoms with Gasteiger partial charge in [0, 0.05) is 23.5 Å². The first-order valence-electron chi connectivity index (χ1n) is 13.7. The molecule has 0 aromatic heterocycles. The number of rotatable bonds is 12. The molecule has 254 valence electrons. The Balaban J connectivity index is 0.00000650. The van der Waals surface area contributed by atoms with Gasteiger partial charge in [0.1, 0.15) is 32.8 Å². The first-order chi connectivity index (χ1) is 22.7. The number of methoxy groups -OCH3 is 4. The first kappa shape index (κ1) is 39.0. The second kappa shape index (κ2) is 16.3. The van der Waals surface area contributed by atoms with Crippen molar-refractivity contribution >= 4 is 85.1 Å². The molecule has 14 nitrogen and oxygen atoms in total. The van der Waals surface area contributed by atoms with Gasteiger partial charge in [-0.15, -0.1) is 0 Å². The van der Waals surface area contributed by atoms with E-state index < -0.39 is 41.8 Å². The standard InChI is InChI=1S/C32H30N2O12S2.Na.H/c1-43-23-11-13-25(27(17-23)45-3)31(35)33-21-9-7-19(29(15-21)47(37,38)39)5-6-20-8-10-22(16-30(20)48(40,41)42)34-32(36)26-14-12-24(44-2)18-28(26)46-4;;/h5-18H,1-4H3,(H,33,35)(H,34,36)(H,37,38,39)(H,40,41,42);;. The van der Waals surface area contributed by atoms with Crippen molar-refractivity contribution in [2.24, 2.45) is 0 Å². The molecule has 0 aliphatic heterocycles. The summed E-state index contributed by atoms with van der Waals surface area (Å²) in [6.07, 6.45) is 2.37. The van der Waals surface area contributed by atoms with Crippen molar-refractivity contribution in [3.05, 3.63) is 95.1 Å². The summed E-state index contributed by atoms with van der Waals surface area (Å²) in [5.74, 6) is -0.00823.